The van der Waals surface area contributed by atoms with Crippen LogP contribution in [0, 0.1) is 0 Å². The molecule has 0 fully saturated rings. The van der Waals surface area contributed by atoms with Gasteiger partial charge in [0, 0.05) is 17.3 Å². The monoisotopic (exact) mass is 319 g/mol. The summed E-state index contributed by atoms with van der Waals surface area (Å²) in [6.07, 6.45) is 3.80. The molecule has 0 aliphatic heterocycles. The van der Waals surface area contributed by atoms with Crippen LogP contribution in [0.25, 0.3) is 10.9 Å². The van der Waals surface area contributed by atoms with Crippen LogP contribution in [-0.2, 0) is 0 Å². The second-order valence-electron chi connectivity index (χ2n) is 5.82. The molecule has 0 saturated carbocycles. The number of nitrogens with two attached hydrogens (primary N) is 1. The van der Waals surface area contributed by atoms with Crippen LogP contribution < -0.4 is 11.1 Å². The highest BCUT2D eigenvalue weighted by atomic mass is 16.1. The summed E-state index contributed by atoms with van der Waals surface area (Å²) in [4.78, 5) is 16.0. The summed E-state index contributed by atoms with van der Waals surface area (Å²) in [5, 5.41) is 4.52. The van der Waals surface area contributed by atoms with Crippen molar-refractivity contribution >= 4 is 22.5 Å². The van der Waals surface area contributed by atoms with Crippen molar-refractivity contribution < 1.29 is 4.79 Å². The first-order valence-electron chi connectivity index (χ1n) is 8.19. The van der Waals surface area contributed by atoms with Gasteiger partial charge in [-0.15, -0.1) is 0 Å². The number of nitrogens with zero attached hydrogens (tertiary/aromatic N) is 1. The molecule has 1 aromatic heterocycles. The number of fused-ring (bicyclic) bond motifs is 1. The van der Waals surface area contributed by atoms with E-state index in [1.807, 2.05) is 24.3 Å². The van der Waals surface area contributed by atoms with Crippen molar-refractivity contribution in [3.63, 3.8) is 0 Å². The van der Waals surface area contributed by atoms with Crippen molar-refractivity contribution in [2.75, 3.05) is 5.32 Å². The van der Waals surface area contributed by atoms with E-state index in [2.05, 4.69) is 41.5 Å². The minimum Gasteiger partial charge on any atom is -0.378 e. The van der Waals surface area contributed by atoms with Crippen molar-refractivity contribution in [3.05, 3.63) is 71.9 Å². The first kappa shape index (κ1) is 16.0. The van der Waals surface area contributed by atoms with Gasteiger partial charge in [0.25, 0.3) is 5.91 Å². The maximum absolute atomic E-state index is 11.6. The normalized spacial score (nSPS) is 12.0. The van der Waals surface area contributed by atoms with E-state index in [1.54, 1.807) is 12.3 Å². The summed E-state index contributed by atoms with van der Waals surface area (Å²) in [7, 11) is 0. The van der Waals surface area contributed by atoms with Crippen molar-refractivity contribution in [2.45, 2.75) is 25.8 Å². The van der Waals surface area contributed by atoms with Crippen LogP contribution >= 0.6 is 0 Å². The van der Waals surface area contributed by atoms with E-state index in [-0.39, 0.29) is 6.04 Å². The van der Waals surface area contributed by atoms with Crippen LogP contribution in [0.15, 0.2) is 60.8 Å². The molecule has 0 aliphatic carbocycles. The highest BCUT2D eigenvalue weighted by molar-refractivity contribution is 6.07. The Morgan fingerprint density at radius 1 is 1.12 bits per heavy atom. The lowest BCUT2D eigenvalue weighted by molar-refractivity contribution is 0.100. The van der Waals surface area contributed by atoms with Gasteiger partial charge in [-0.3, -0.25) is 9.78 Å². The van der Waals surface area contributed by atoms with Gasteiger partial charge in [-0.25, -0.2) is 0 Å². The fourth-order valence-corrected chi connectivity index (χ4v) is 2.98. The lowest BCUT2D eigenvalue weighted by atomic mass is 10.0. The number of primary amides is 1. The molecule has 122 valence electrons. The van der Waals surface area contributed by atoms with Crippen LogP contribution in [0.2, 0.25) is 0 Å². The molecule has 4 heteroatoms. The molecule has 0 saturated heterocycles. The van der Waals surface area contributed by atoms with Gasteiger partial charge in [0.15, 0.2) is 0 Å². The zero-order chi connectivity index (χ0) is 16.9. The number of rotatable bonds is 6. The Morgan fingerprint density at radius 2 is 1.92 bits per heavy atom. The van der Waals surface area contributed by atoms with Crippen LogP contribution in [-0.4, -0.2) is 10.9 Å². The molecule has 0 unspecified atom stereocenters. The van der Waals surface area contributed by atoms with Gasteiger partial charge in [0.2, 0.25) is 0 Å². The van der Waals surface area contributed by atoms with E-state index in [0.717, 1.165) is 23.9 Å². The molecule has 3 aromatic rings. The fraction of sp³-hybridized carbons (Fsp3) is 0.200. The predicted molar refractivity (Wildman–Crippen MR) is 98.0 cm³/mol. The SMILES string of the molecule is CCC[C@@H](Nc1ccnc2c(C(N)=O)cccc12)c1ccccc1. The number of hydrogen-bond donors (Lipinski definition) is 2. The number of carbonyl (C=O) groups excluding carboxylic acids is 1. The van der Waals surface area contributed by atoms with E-state index in [4.69, 9.17) is 5.73 Å². The second kappa shape index (κ2) is 7.13. The Labute approximate surface area is 141 Å². The number of anilines is 1. The molecule has 1 amide bonds. The number of benzene rings is 2. The fourth-order valence-electron chi connectivity index (χ4n) is 2.98. The van der Waals surface area contributed by atoms with E-state index in [1.165, 1.54) is 5.56 Å². The van der Waals surface area contributed by atoms with E-state index in [9.17, 15) is 4.79 Å². The molecule has 3 rings (SSSR count). The summed E-state index contributed by atoms with van der Waals surface area (Å²) in [6, 6.07) is 18.0. The van der Waals surface area contributed by atoms with Crippen molar-refractivity contribution in [3.8, 4) is 0 Å². The number of pyridine rings is 1. The maximum Gasteiger partial charge on any atom is 0.250 e. The van der Waals surface area contributed by atoms with Crippen LogP contribution in [0.3, 0.4) is 0 Å². The average Bonchev–Trinajstić information content (AvgIpc) is 2.61. The molecular formula is C20H21N3O. The van der Waals surface area contributed by atoms with Gasteiger partial charge < -0.3 is 11.1 Å². The van der Waals surface area contributed by atoms with Crippen molar-refractivity contribution in [2.24, 2.45) is 5.73 Å². The van der Waals surface area contributed by atoms with Gasteiger partial charge in [-0.2, -0.15) is 0 Å². The highest BCUT2D eigenvalue weighted by Crippen LogP contribution is 2.29. The molecule has 0 bridgehead atoms. The minimum absolute atomic E-state index is 0.207. The summed E-state index contributed by atoms with van der Waals surface area (Å²) in [5.41, 5.74) is 8.76. The van der Waals surface area contributed by atoms with Gasteiger partial charge in [0.1, 0.15) is 0 Å². The molecule has 0 radical (unpaired) electrons. The Morgan fingerprint density at radius 3 is 2.62 bits per heavy atom. The summed E-state index contributed by atoms with van der Waals surface area (Å²) < 4.78 is 0. The number of aromatic nitrogens is 1. The largest absolute Gasteiger partial charge is 0.378 e. The van der Waals surface area contributed by atoms with Gasteiger partial charge in [0.05, 0.1) is 17.1 Å². The van der Waals surface area contributed by atoms with Crippen LogP contribution in [0.4, 0.5) is 5.69 Å². The molecule has 3 N–H and O–H groups in total. The van der Waals surface area contributed by atoms with Crippen molar-refractivity contribution in [1.82, 2.24) is 4.98 Å². The Bertz CT molecular complexity index is 846. The molecule has 1 heterocycles. The summed E-state index contributed by atoms with van der Waals surface area (Å²) in [6.45, 7) is 2.17. The Hall–Kier alpha value is -2.88. The highest BCUT2D eigenvalue weighted by Gasteiger charge is 2.14. The number of para-hydroxylation sites is 1. The molecule has 0 spiro atoms. The van der Waals surface area contributed by atoms with Gasteiger partial charge in [-0.05, 0) is 24.1 Å². The number of carbonyl (C=O) groups is 1. The minimum atomic E-state index is -0.460. The van der Waals surface area contributed by atoms with Gasteiger partial charge >= 0.3 is 0 Å². The van der Waals surface area contributed by atoms with Gasteiger partial charge in [-0.1, -0.05) is 55.8 Å². The standard InChI is InChI=1S/C20H21N3O/c1-2-7-17(14-8-4-3-5-9-14)23-18-12-13-22-19-15(18)10-6-11-16(19)20(21)24/h3-6,8-13,17H,2,7H2,1H3,(H2,21,24)(H,22,23)/t17-/m1/s1. The van der Waals surface area contributed by atoms with Crippen LogP contribution in [0.5, 0.6) is 0 Å². The zero-order valence-electron chi connectivity index (χ0n) is 13.7. The number of hydrogen-bond acceptors (Lipinski definition) is 3. The molecule has 0 aliphatic rings. The first-order chi connectivity index (χ1) is 11.7. The molecule has 2 aromatic carbocycles. The molecular weight excluding hydrogens is 298 g/mol. The summed E-state index contributed by atoms with van der Waals surface area (Å²) in [5.74, 6) is -0.460. The third kappa shape index (κ3) is 3.23. The molecule has 1 atom stereocenters. The lowest BCUT2D eigenvalue weighted by Gasteiger charge is -2.21. The summed E-state index contributed by atoms with van der Waals surface area (Å²) >= 11 is 0. The van der Waals surface area contributed by atoms with E-state index >= 15 is 0 Å². The van der Waals surface area contributed by atoms with Crippen LogP contribution in [0.1, 0.15) is 41.7 Å². The Balaban J connectivity index is 2.02. The molecule has 24 heavy (non-hydrogen) atoms. The Kier molecular flexibility index (Phi) is 4.75. The quantitative estimate of drug-likeness (QED) is 0.712. The predicted octanol–water partition coefficient (Wildman–Crippen LogP) is 4.29. The molecule has 4 nitrogen and oxygen atoms in total. The van der Waals surface area contributed by atoms with E-state index in [0.29, 0.717) is 11.1 Å². The first-order valence-corrected chi connectivity index (χ1v) is 8.19. The maximum atomic E-state index is 11.6. The smallest absolute Gasteiger partial charge is 0.250 e. The topological polar surface area (TPSA) is 68.0 Å². The zero-order valence-corrected chi connectivity index (χ0v) is 13.7. The third-order valence-corrected chi connectivity index (χ3v) is 4.15. The third-order valence-electron chi connectivity index (χ3n) is 4.15. The lowest BCUT2D eigenvalue weighted by Crippen LogP contribution is -2.13. The van der Waals surface area contributed by atoms with E-state index < -0.39 is 5.91 Å². The number of amides is 1. The second-order valence-corrected chi connectivity index (χ2v) is 5.82. The van der Waals surface area contributed by atoms with Crippen molar-refractivity contribution in [1.29, 1.82) is 0 Å². The average molecular weight is 319 g/mol. The number of nitrogens with one attached hydrogen (secondary N) is 1.